The third-order valence-electron chi connectivity index (χ3n) is 4.24. The molecule has 108 valence electrons. The molecule has 1 N–H and O–H groups in total. The Hall–Kier alpha value is -2.07. The number of nitrogens with zero attached hydrogens (tertiary/aromatic N) is 3. The van der Waals surface area contributed by atoms with Crippen molar-refractivity contribution in [2.75, 3.05) is 0 Å². The Morgan fingerprint density at radius 1 is 1.24 bits per heavy atom. The van der Waals surface area contributed by atoms with Crippen LogP contribution in [-0.4, -0.2) is 20.2 Å². The van der Waals surface area contributed by atoms with Gasteiger partial charge in [0.05, 0.1) is 6.54 Å². The maximum absolute atomic E-state index is 4.40. The predicted molar refractivity (Wildman–Crippen MR) is 84.1 cm³/mol. The molecule has 4 rings (SSSR count). The van der Waals surface area contributed by atoms with Crippen molar-refractivity contribution < 1.29 is 0 Å². The van der Waals surface area contributed by atoms with Crippen LogP contribution in [0.4, 0.5) is 0 Å². The molecule has 4 nitrogen and oxygen atoms in total. The lowest BCUT2D eigenvalue weighted by Crippen LogP contribution is -2.15. The molecule has 3 aromatic rings. The highest BCUT2D eigenvalue weighted by Gasteiger charge is 2.19. The Labute approximate surface area is 124 Å². The molecule has 0 atom stereocenters. The quantitative estimate of drug-likeness (QED) is 0.780. The van der Waals surface area contributed by atoms with Crippen LogP contribution in [0.5, 0.6) is 0 Å². The number of rotatable bonds is 5. The van der Waals surface area contributed by atoms with Crippen molar-refractivity contribution in [2.24, 2.45) is 7.05 Å². The van der Waals surface area contributed by atoms with Gasteiger partial charge in [-0.3, -0.25) is 0 Å². The molecule has 1 fully saturated rings. The zero-order valence-corrected chi connectivity index (χ0v) is 12.3. The monoisotopic (exact) mass is 280 g/mol. The number of aromatic nitrogens is 3. The fourth-order valence-electron chi connectivity index (χ4n) is 2.75. The number of aryl methyl sites for hydroxylation is 1. The van der Waals surface area contributed by atoms with Crippen LogP contribution >= 0.6 is 0 Å². The molecular formula is C17H20N4. The van der Waals surface area contributed by atoms with E-state index in [2.05, 4.69) is 49.9 Å². The fraction of sp³-hybridized carbons (Fsp3) is 0.353. The molecule has 0 unspecified atom stereocenters. The summed E-state index contributed by atoms with van der Waals surface area (Å²) in [5.41, 5.74) is 2.64. The van der Waals surface area contributed by atoms with E-state index in [-0.39, 0.29) is 0 Å². The molecule has 2 aromatic heterocycles. The van der Waals surface area contributed by atoms with Gasteiger partial charge in [-0.1, -0.05) is 6.07 Å². The largest absolute Gasteiger partial charge is 0.340 e. The topological polar surface area (TPSA) is 34.8 Å². The van der Waals surface area contributed by atoms with Crippen LogP contribution in [-0.2, 0) is 20.1 Å². The van der Waals surface area contributed by atoms with E-state index < -0.39 is 0 Å². The standard InChI is InChI=1S/C17H20N4/c1-20-9-7-18-17(20)12-21-8-6-14-10-13(2-5-16(14)21)11-19-15-3-4-15/h2,5-10,15,19H,3-4,11-12H2,1H3. The third-order valence-corrected chi connectivity index (χ3v) is 4.24. The highest BCUT2D eigenvalue weighted by Crippen LogP contribution is 2.21. The Morgan fingerprint density at radius 2 is 2.14 bits per heavy atom. The average molecular weight is 280 g/mol. The van der Waals surface area contributed by atoms with Crippen LogP contribution in [0.2, 0.25) is 0 Å². The normalized spacial score (nSPS) is 14.9. The summed E-state index contributed by atoms with van der Waals surface area (Å²) < 4.78 is 4.33. The Kier molecular flexibility index (Phi) is 3.04. The van der Waals surface area contributed by atoms with Crippen LogP contribution in [0, 0.1) is 0 Å². The van der Waals surface area contributed by atoms with Crippen LogP contribution in [0.3, 0.4) is 0 Å². The van der Waals surface area contributed by atoms with Gasteiger partial charge < -0.3 is 14.5 Å². The van der Waals surface area contributed by atoms with Crippen molar-refractivity contribution in [3.63, 3.8) is 0 Å². The molecule has 0 saturated heterocycles. The fourth-order valence-corrected chi connectivity index (χ4v) is 2.75. The summed E-state index contributed by atoms with van der Waals surface area (Å²) >= 11 is 0. The van der Waals surface area contributed by atoms with Crippen LogP contribution in [0.25, 0.3) is 10.9 Å². The Bertz CT molecular complexity index is 764. The third kappa shape index (κ3) is 2.59. The van der Waals surface area contributed by atoms with E-state index in [4.69, 9.17) is 0 Å². The maximum Gasteiger partial charge on any atom is 0.128 e. The molecule has 4 heteroatoms. The molecule has 1 aromatic carbocycles. The molecule has 0 aliphatic heterocycles. The number of benzene rings is 1. The summed E-state index contributed by atoms with van der Waals surface area (Å²) in [5, 5.41) is 4.87. The van der Waals surface area contributed by atoms with Crippen molar-refractivity contribution in [2.45, 2.75) is 32.0 Å². The van der Waals surface area contributed by atoms with Crippen molar-refractivity contribution >= 4 is 10.9 Å². The summed E-state index contributed by atoms with van der Waals surface area (Å²) in [5.74, 6) is 1.08. The first-order chi connectivity index (χ1) is 10.3. The van der Waals surface area contributed by atoms with Crippen molar-refractivity contribution in [1.82, 2.24) is 19.4 Å². The van der Waals surface area contributed by atoms with E-state index in [1.807, 2.05) is 19.4 Å². The van der Waals surface area contributed by atoms with Crippen LogP contribution in [0.1, 0.15) is 24.2 Å². The average Bonchev–Trinajstić information content (AvgIpc) is 3.12. The molecule has 2 heterocycles. The summed E-state index contributed by atoms with van der Waals surface area (Å²) in [6, 6.07) is 9.70. The van der Waals surface area contributed by atoms with Crippen LogP contribution in [0.15, 0.2) is 42.9 Å². The van der Waals surface area contributed by atoms with E-state index >= 15 is 0 Å². The highest BCUT2D eigenvalue weighted by atomic mass is 15.1. The van der Waals surface area contributed by atoms with E-state index in [1.165, 1.54) is 29.3 Å². The molecule has 0 radical (unpaired) electrons. The molecule has 1 aliphatic rings. The first-order valence-electron chi connectivity index (χ1n) is 7.57. The zero-order valence-electron chi connectivity index (χ0n) is 12.3. The van der Waals surface area contributed by atoms with E-state index in [1.54, 1.807) is 0 Å². The molecule has 21 heavy (non-hydrogen) atoms. The highest BCUT2D eigenvalue weighted by molar-refractivity contribution is 5.81. The molecule has 1 saturated carbocycles. The number of imidazole rings is 1. The summed E-state index contributed by atoms with van der Waals surface area (Å²) in [7, 11) is 2.04. The SMILES string of the molecule is Cn1ccnc1Cn1ccc2cc(CNC3CC3)ccc21. The predicted octanol–water partition coefficient (Wildman–Crippen LogP) is 2.68. The van der Waals surface area contributed by atoms with E-state index in [0.717, 1.165) is 25.0 Å². The van der Waals surface area contributed by atoms with Gasteiger partial charge >= 0.3 is 0 Å². The van der Waals surface area contributed by atoms with Gasteiger partial charge in [0.25, 0.3) is 0 Å². The van der Waals surface area contributed by atoms with Gasteiger partial charge in [0, 0.05) is 43.7 Å². The van der Waals surface area contributed by atoms with Crippen LogP contribution < -0.4 is 5.32 Å². The lowest BCUT2D eigenvalue weighted by atomic mass is 10.1. The minimum atomic E-state index is 0.758. The Balaban J connectivity index is 1.57. The molecule has 0 spiro atoms. The second-order valence-corrected chi connectivity index (χ2v) is 5.95. The van der Waals surface area contributed by atoms with Gasteiger partial charge in [0.2, 0.25) is 0 Å². The first-order valence-corrected chi connectivity index (χ1v) is 7.57. The lowest BCUT2D eigenvalue weighted by Gasteiger charge is -2.07. The van der Waals surface area contributed by atoms with E-state index in [9.17, 15) is 0 Å². The summed E-state index contributed by atoms with van der Waals surface area (Å²) in [6.07, 6.45) is 8.66. The minimum absolute atomic E-state index is 0.758. The molecule has 1 aliphatic carbocycles. The van der Waals surface area contributed by atoms with Crippen molar-refractivity contribution in [3.8, 4) is 0 Å². The lowest BCUT2D eigenvalue weighted by molar-refractivity contribution is 0.688. The van der Waals surface area contributed by atoms with Crippen molar-refractivity contribution in [1.29, 1.82) is 0 Å². The van der Waals surface area contributed by atoms with Gasteiger partial charge in [-0.2, -0.15) is 0 Å². The maximum atomic E-state index is 4.40. The number of nitrogens with one attached hydrogen (secondary N) is 1. The second-order valence-electron chi connectivity index (χ2n) is 5.95. The zero-order chi connectivity index (χ0) is 14.2. The van der Waals surface area contributed by atoms with Gasteiger partial charge in [0.15, 0.2) is 0 Å². The number of hydrogen-bond donors (Lipinski definition) is 1. The smallest absolute Gasteiger partial charge is 0.128 e. The second kappa shape index (κ2) is 5.04. The summed E-state index contributed by atoms with van der Waals surface area (Å²) in [4.78, 5) is 4.40. The molecule has 0 bridgehead atoms. The first kappa shape index (κ1) is 12.7. The van der Waals surface area contributed by atoms with Gasteiger partial charge in [-0.15, -0.1) is 0 Å². The molecular weight excluding hydrogens is 260 g/mol. The Morgan fingerprint density at radius 3 is 2.90 bits per heavy atom. The summed E-state index contributed by atoms with van der Waals surface area (Å²) in [6.45, 7) is 1.79. The van der Waals surface area contributed by atoms with Gasteiger partial charge in [-0.05, 0) is 42.0 Å². The van der Waals surface area contributed by atoms with Crippen molar-refractivity contribution in [3.05, 3.63) is 54.2 Å². The van der Waals surface area contributed by atoms with Gasteiger partial charge in [-0.25, -0.2) is 4.98 Å². The minimum Gasteiger partial charge on any atom is -0.340 e. The van der Waals surface area contributed by atoms with E-state index in [0.29, 0.717) is 0 Å². The number of hydrogen-bond acceptors (Lipinski definition) is 2. The van der Waals surface area contributed by atoms with Gasteiger partial charge in [0.1, 0.15) is 5.82 Å². The number of fused-ring (bicyclic) bond motifs is 1. The molecule has 0 amide bonds.